The average Bonchev–Trinajstić information content (AvgIpc) is 2.99. The second kappa shape index (κ2) is 6.03. The molecule has 3 aromatic heterocycles. The number of piperidine rings is 1. The smallest absolute Gasteiger partial charge is 0.272 e. The van der Waals surface area contributed by atoms with Crippen molar-refractivity contribution in [1.82, 2.24) is 24.6 Å². The van der Waals surface area contributed by atoms with Gasteiger partial charge in [-0.15, -0.1) is 0 Å². The van der Waals surface area contributed by atoms with E-state index in [1.54, 1.807) is 18.5 Å². The Kier molecular flexibility index (Phi) is 3.72. The number of nitrogens with zero attached hydrogens (tertiary/aromatic N) is 5. The van der Waals surface area contributed by atoms with E-state index in [0.717, 1.165) is 36.1 Å². The molecule has 4 heterocycles. The number of rotatable bonds is 2. The first-order valence-corrected chi connectivity index (χ1v) is 8.22. The van der Waals surface area contributed by atoms with E-state index in [0.29, 0.717) is 12.2 Å². The lowest BCUT2D eigenvalue weighted by atomic mass is 9.93. The van der Waals surface area contributed by atoms with Gasteiger partial charge >= 0.3 is 0 Å². The van der Waals surface area contributed by atoms with Crippen LogP contribution in [0.2, 0.25) is 0 Å². The average molecular weight is 321 g/mol. The summed E-state index contributed by atoms with van der Waals surface area (Å²) in [6.07, 6.45) is 5.45. The van der Waals surface area contributed by atoms with Crippen LogP contribution < -0.4 is 0 Å². The molecular weight excluding hydrogens is 302 g/mol. The van der Waals surface area contributed by atoms with Gasteiger partial charge in [-0.05, 0) is 37.1 Å². The summed E-state index contributed by atoms with van der Waals surface area (Å²) in [5.74, 6) is 0.234. The Balaban J connectivity index is 1.62. The Bertz CT molecular complexity index is 874. The molecule has 3 aromatic rings. The van der Waals surface area contributed by atoms with Crippen LogP contribution in [0, 0.1) is 0 Å². The third kappa shape index (κ3) is 2.54. The molecule has 0 bridgehead atoms. The van der Waals surface area contributed by atoms with Gasteiger partial charge in [-0.3, -0.25) is 14.5 Å². The first-order chi connectivity index (χ1) is 11.7. The van der Waals surface area contributed by atoms with Crippen molar-refractivity contribution in [3.63, 3.8) is 0 Å². The zero-order chi connectivity index (χ0) is 16.5. The monoisotopic (exact) mass is 321 g/mol. The number of hydrogen-bond acceptors (Lipinski definition) is 4. The fourth-order valence-electron chi connectivity index (χ4n) is 3.46. The van der Waals surface area contributed by atoms with Gasteiger partial charge in [-0.2, -0.15) is 5.10 Å². The molecule has 0 saturated carbocycles. The highest BCUT2D eigenvalue weighted by Crippen LogP contribution is 2.31. The summed E-state index contributed by atoms with van der Waals surface area (Å²) in [6, 6.07) is 9.44. The molecule has 1 atom stereocenters. The second-order valence-electron chi connectivity index (χ2n) is 6.19. The molecule has 0 aromatic carbocycles. The summed E-state index contributed by atoms with van der Waals surface area (Å²) < 4.78 is 1.82. The zero-order valence-corrected chi connectivity index (χ0v) is 13.6. The van der Waals surface area contributed by atoms with Crippen molar-refractivity contribution >= 4 is 16.9 Å². The van der Waals surface area contributed by atoms with Crippen LogP contribution in [0.25, 0.3) is 11.0 Å². The number of aromatic nitrogens is 4. The number of fused-ring (bicyclic) bond motifs is 1. The SMILES string of the molecule is Cn1nc(C2CCCN(C(=O)c3ccccn3)C2)c2cccnc21. The van der Waals surface area contributed by atoms with E-state index in [4.69, 9.17) is 0 Å². The lowest BCUT2D eigenvalue weighted by Gasteiger charge is -2.32. The number of aryl methyl sites for hydroxylation is 1. The zero-order valence-electron chi connectivity index (χ0n) is 13.6. The number of amides is 1. The minimum absolute atomic E-state index is 0.00124. The maximum absolute atomic E-state index is 12.7. The molecule has 1 aliphatic heterocycles. The van der Waals surface area contributed by atoms with Crippen LogP contribution in [0.4, 0.5) is 0 Å². The van der Waals surface area contributed by atoms with Crippen molar-refractivity contribution in [3.05, 3.63) is 54.1 Å². The summed E-state index contributed by atoms with van der Waals surface area (Å²) in [5, 5.41) is 5.76. The molecule has 1 saturated heterocycles. The fraction of sp³-hybridized carbons (Fsp3) is 0.333. The first-order valence-electron chi connectivity index (χ1n) is 8.22. The van der Waals surface area contributed by atoms with E-state index < -0.39 is 0 Å². The predicted molar refractivity (Wildman–Crippen MR) is 90.6 cm³/mol. The Hall–Kier alpha value is -2.76. The van der Waals surface area contributed by atoms with Crippen LogP contribution in [-0.4, -0.2) is 43.6 Å². The van der Waals surface area contributed by atoms with E-state index in [1.165, 1.54) is 0 Å². The van der Waals surface area contributed by atoms with Gasteiger partial charge in [0.25, 0.3) is 5.91 Å². The van der Waals surface area contributed by atoms with Gasteiger partial charge < -0.3 is 4.90 Å². The molecule has 1 amide bonds. The predicted octanol–water partition coefficient (Wildman–Crippen LogP) is 2.38. The van der Waals surface area contributed by atoms with Gasteiger partial charge in [0.2, 0.25) is 0 Å². The Morgan fingerprint density at radius 1 is 1.17 bits per heavy atom. The molecule has 1 fully saturated rings. The number of pyridine rings is 2. The van der Waals surface area contributed by atoms with Crippen LogP contribution in [0.5, 0.6) is 0 Å². The number of carbonyl (C=O) groups excluding carboxylic acids is 1. The lowest BCUT2D eigenvalue weighted by Crippen LogP contribution is -2.39. The van der Waals surface area contributed by atoms with Gasteiger partial charge in [0, 0.05) is 43.8 Å². The summed E-state index contributed by atoms with van der Waals surface area (Å²) in [5.41, 5.74) is 2.44. The number of carbonyl (C=O) groups is 1. The molecule has 24 heavy (non-hydrogen) atoms. The molecule has 0 radical (unpaired) electrons. The van der Waals surface area contributed by atoms with Crippen LogP contribution in [0.3, 0.4) is 0 Å². The highest BCUT2D eigenvalue weighted by molar-refractivity contribution is 5.92. The molecule has 0 aliphatic carbocycles. The summed E-state index contributed by atoms with van der Waals surface area (Å²) in [7, 11) is 1.92. The quantitative estimate of drug-likeness (QED) is 0.727. The van der Waals surface area contributed by atoms with Crippen molar-refractivity contribution < 1.29 is 4.79 Å². The Morgan fingerprint density at radius 2 is 2.04 bits per heavy atom. The third-order valence-corrected chi connectivity index (χ3v) is 4.61. The maximum Gasteiger partial charge on any atom is 0.272 e. The van der Waals surface area contributed by atoms with Crippen molar-refractivity contribution in [2.45, 2.75) is 18.8 Å². The number of hydrogen-bond donors (Lipinski definition) is 0. The normalized spacial score (nSPS) is 18.0. The minimum atomic E-state index is -0.00124. The van der Waals surface area contributed by atoms with Gasteiger partial charge in [0.1, 0.15) is 5.69 Å². The van der Waals surface area contributed by atoms with Crippen LogP contribution in [0.1, 0.15) is 34.9 Å². The van der Waals surface area contributed by atoms with E-state index in [-0.39, 0.29) is 11.8 Å². The standard InChI is InChI=1S/C18H19N5O/c1-22-17-14(7-4-10-20-17)16(21-22)13-6-5-11-23(12-13)18(24)15-8-2-3-9-19-15/h2-4,7-10,13H,5-6,11-12H2,1H3. The van der Waals surface area contributed by atoms with E-state index in [1.807, 2.05) is 34.8 Å². The summed E-state index contributed by atoms with van der Waals surface area (Å²) >= 11 is 0. The second-order valence-corrected chi connectivity index (χ2v) is 6.19. The molecule has 1 unspecified atom stereocenters. The van der Waals surface area contributed by atoms with Gasteiger partial charge in [-0.25, -0.2) is 4.98 Å². The maximum atomic E-state index is 12.7. The molecule has 0 spiro atoms. The van der Waals surface area contributed by atoms with Gasteiger partial charge in [-0.1, -0.05) is 6.07 Å². The molecule has 122 valence electrons. The first kappa shape index (κ1) is 14.8. The summed E-state index contributed by atoms with van der Waals surface area (Å²) in [6.45, 7) is 1.45. The topological polar surface area (TPSA) is 63.9 Å². The molecular formula is C18H19N5O. The lowest BCUT2D eigenvalue weighted by molar-refractivity contribution is 0.0700. The van der Waals surface area contributed by atoms with Crippen LogP contribution >= 0.6 is 0 Å². The van der Waals surface area contributed by atoms with Crippen molar-refractivity contribution in [1.29, 1.82) is 0 Å². The largest absolute Gasteiger partial charge is 0.337 e. The van der Waals surface area contributed by atoms with Crippen molar-refractivity contribution in [3.8, 4) is 0 Å². The van der Waals surface area contributed by atoms with Crippen molar-refractivity contribution in [2.24, 2.45) is 7.05 Å². The third-order valence-electron chi connectivity index (χ3n) is 4.61. The molecule has 6 nitrogen and oxygen atoms in total. The van der Waals surface area contributed by atoms with E-state index >= 15 is 0 Å². The molecule has 0 N–H and O–H groups in total. The Morgan fingerprint density at radius 3 is 2.88 bits per heavy atom. The Labute approximate surface area is 140 Å². The van der Waals surface area contributed by atoms with Crippen molar-refractivity contribution in [2.75, 3.05) is 13.1 Å². The molecule has 1 aliphatic rings. The van der Waals surface area contributed by atoms with Gasteiger partial charge in [0.15, 0.2) is 5.65 Å². The highest BCUT2D eigenvalue weighted by atomic mass is 16.2. The fourth-order valence-corrected chi connectivity index (χ4v) is 3.46. The van der Waals surface area contributed by atoms with Crippen LogP contribution in [-0.2, 0) is 7.05 Å². The molecule has 6 heteroatoms. The van der Waals surface area contributed by atoms with Crippen LogP contribution in [0.15, 0.2) is 42.7 Å². The highest BCUT2D eigenvalue weighted by Gasteiger charge is 2.29. The summed E-state index contributed by atoms with van der Waals surface area (Å²) in [4.78, 5) is 23.2. The van der Waals surface area contributed by atoms with E-state index in [9.17, 15) is 4.79 Å². The molecule has 4 rings (SSSR count). The van der Waals surface area contributed by atoms with E-state index in [2.05, 4.69) is 21.1 Å². The number of likely N-dealkylation sites (tertiary alicyclic amines) is 1. The minimum Gasteiger partial charge on any atom is -0.337 e. The van der Waals surface area contributed by atoms with Gasteiger partial charge in [0.05, 0.1) is 5.69 Å².